The summed E-state index contributed by atoms with van der Waals surface area (Å²) in [6.07, 6.45) is -0.225. The van der Waals surface area contributed by atoms with Crippen molar-refractivity contribution in [2.24, 2.45) is 0 Å². The molecule has 1 atom stereocenters. The summed E-state index contributed by atoms with van der Waals surface area (Å²) < 4.78 is 40.7. The van der Waals surface area contributed by atoms with E-state index < -0.39 is 29.4 Å². The first kappa shape index (κ1) is 21.3. The Bertz CT molecular complexity index is 918. The standard InChI is InChI=1S/C20H25F3N4O2/c1-14(18(28)24-10-13-26-11-6-2-3-7-12-26)27-16-9-5-4-8-15(16)25-17(19(27)29)20(21,22)23/h4-5,8-9,14H,2-3,6-7,10-13H2,1H3,(H,24,28)/t14-/m1/s1. The fourth-order valence-electron chi connectivity index (χ4n) is 3.69. The van der Waals surface area contributed by atoms with E-state index in [1.807, 2.05) is 0 Å². The van der Waals surface area contributed by atoms with Gasteiger partial charge in [0.05, 0.1) is 11.0 Å². The summed E-state index contributed by atoms with van der Waals surface area (Å²) in [5.41, 5.74) is -2.61. The summed E-state index contributed by atoms with van der Waals surface area (Å²) in [6.45, 7) is 4.45. The van der Waals surface area contributed by atoms with E-state index in [4.69, 9.17) is 0 Å². The van der Waals surface area contributed by atoms with E-state index in [1.165, 1.54) is 38.0 Å². The van der Waals surface area contributed by atoms with Gasteiger partial charge in [-0.2, -0.15) is 13.2 Å². The molecule has 1 amide bonds. The van der Waals surface area contributed by atoms with Crippen LogP contribution in [0.25, 0.3) is 11.0 Å². The van der Waals surface area contributed by atoms with Gasteiger partial charge >= 0.3 is 6.18 Å². The van der Waals surface area contributed by atoms with Gasteiger partial charge in [-0.05, 0) is 45.0 Å². The quantitative estimate of drug-likeness (QED) is 0.823. The van der Waals surface area contributed by atoms with Crippen molar-refractivity contribution in [3.63, 3.8) is 0 Å². The summed E-state index contributed by atoms with van der Waals surface area (Å²) in [4.78, 5) is 30.9. The highest BCUT2D eigenvalue weighted by Gasteiger charge is 2.38. The molecule has 2 aromatic rings. The zero-order valence-corrected chi connectivity index (χ0v) is 16.3. The number of nitrogens with one attached hydrogen (secondary N) is 1. The number of carbonyl (C=O) groups is 1. The molecule has 6 nitrogen and oxygen atoms in total. The molecular weight excluding hydrogens is 385 g/mol. The van der Waals surface area contributed by atoms with Crippen molar-refractivity contribution in [2.75, 3.05) is 26.2 Å². The van der Waals surface area contributed by atoms with Crippen LogP contribution in [0.1, 0.15) is 44.3 Å². The Morgan fingerprint density at radius 1 is 1.17 bits per heavy atom. The smallest absolute Gasteiger partial charge is 0.353 e. The number of halogens is 3. The number of amides is 1. The maximum absolute atomic E-state index is 13.3. The molecule has 158 valence electrons. The largest absolute Gasteiger partial charge is 0.438 e. The van der Waals surface area contributed by atoms with Gasteiger partial charge in [-0.1, -0.05) is 25.0 Å². The fraction of sp³-hybridized carbons (Fsp3) is 0.550. The summed E-state index contributed by atoms with van der Waals surface area (Å²) in [5, 5.41) is 2.76. The van der Waals surface area contributed by atoms with Crippen molar-refractivity contribution in [3.05, 3.63) is 40.3 Å². The Hall–Kier alpha value is -2.42. The van der Waals surface area contributed by atoms with Crippen molar-refractivity contribution in [2.45, 2.75) is 44.8 Å². The number of rotatable bonds is 5. The molecule has 0 unspecified atom stereocenters. The molecule has 0 spiro atoms. The summed E-state index contributed by atoms with van der Waals surface area (Å²) in [6, 6.07) is 4.92. The van der Waals surface area contributed by atoms with Gasteiger partial charge in [-0.25, -0.2) is 4.98 Å². The molecule has 9 heteroatoms. The molecule has 0 radical (unpaired) electrons. The van der Waals surface area contributed by atoms with E-state index in [1.54, 1.807) is 6.07 Å². The molecule has 2 heterocycles. The number of hydrogen-bond donors (Lipinski definition) is 1. The number of benzene rings is 1. The first-order valence-corrected chi connectivity index (χ1v) is 9.87. The minimum absolute atomic E-state index is 0.0173. The molecule has 1 fully saturated rings. The Morgan fingerprint density at radius 2 is 1.83 bits per heavy atom. The summed E-state index contributed by atoms with van der Waals surface area (Å²) in [7, 11) is 0. The number of aromatic nitrogens is 2. The monoisotopic (exact) mass is 410 g/mol. The van der Waals surface area contributed by atoms with Crippen LogP contribution in [0.2, 0.25) is 0 Å². The van der Waals surface area contributed by atoms with Crippen LogP contribution < -0.4 is 10.9 Å². The molecule has 0 bridgehead atoms. The minimum Gasteiger partial charge on any atom is -0.353 e. The molecule has 1 aliphatic rings. The Morgan fingerprint density at radius 3 is 2.48 bits per heavy atom. The average molecular weight is 410 g/mol. The van der Waals surface area contributed by atoms with Gasteiger partial charge in [-0.3, -0.25) is 14.2 Å². The SMILES string of the molecule is C[C@H](C(=O)NCCN1CCCCCC1)n1c(=O)c(C(F)(F)F)nc2ccccc21. The average Bonchev–Trinajstić information content (AvgIpc) is 2.95. The van der Waals surface area contributed by atoms with E-state index in [9.17, 15) is 22.8 Å². The number of likely N-dealkylation sites (tertiary alicyclic amines) is 1. The maximum Gasteiger partial charge on any atom is 0.438 e. The molecule has 1 aromatic heterocycles. The summed E-state index contributed by atoms with van der Waals surface area (Å²) in [5.74, 6) is -0.494. The molecule has 1 saturated heterocycles. The van der Waals surface area contributed by atoms with Crippen LogP contribution in [0.3, 0.4) is 0 Å². The predicted octanol–water partition coefficient (Wildman–Crippen LogP) is 2.97. The third-order valence-electron chi connectivity index (χ3n) is 5.26. The van der Waals surface area contributed by atoms with Crippen LogP contribution in [-0.2, 0) is 11.0 Å². The molecule has 0 saturated carbocycles. The van der Waals surface area contributed by atoms with Crippen LogP contribution in [-0.4, -0.2) is 46.5 Å². The van der Waals surface area contributed by atoms with Crippen LogP contribution >= 0.6 is 0 Å². The molecule has 1 N–H and O–H groups in total. The highest BCUT2D eigenvalue weighted by Crippen LogP contribution is 2.27. The van der Waals surface area contributed by atoms with Gasteiger partial charge in [0.25, 0.3) is 5.56 Å². The normalized spacial score (nSPS) is 17.1. The van der Waals surface area contributed by atoms with E-state index in [2.05, 4.69) is 15.2 Å². The van der Waals surface area contributed by atoms with Crippen molar-refractivity contribution < 1.29 is 18.0 Å². The first-order valence-electron chi connectivity index (χ1n) is 9.87. The molecule has 1 aromatic carbocycles. The predicted molar refractivity (Wildman–Crippen MR) is 104 cm³/mol. The molecule has 29 heavy (non-hydrogen) atoms. The molecule has 3 rings (SSSR count). The number of alkyl halides is 3. The Kier molecular flexibility index (Phi) is 6.56. The van der Waals surface area contributed by atoms with Crippen molar-refractivity contribution in [1.29, 1.82) is 0 Å². The third kappa shape index (κ3) is 4.95. The third-order valence-corrected chi connectivity index (χ3v) is 5.26. The van der Waals surface area contributed by atoms with E-state index in [0.29, 0.717) is 13.1 Å². The van der Waals surface area contributed by atoms with Gasteiger partial charge in [0.1, 0.15) is 6.04 Å². The van der Waals surface area contributed by atoms with Crippen LogP contribution in [0.5, 0.6) is 0 Å². The van der Waals surface area contributed by atoms with Gasteiger partial charge in [0.2, 0.25) is 11.6 Å². The van der Waals surface area contributed by atoms with Crippen LogP contribution in [0.4, 0.5) is 13.2 Å². The van der Waals surface area contributed by atoms with Gasteiger partial charge in [0.15, 0.2) is 0 Å². The zero-order chi connectivity index (χ0) is 21.0. The van der Waals surface area contributed by atoms with Crippen LogP contribution in [0.15, 0.2) is 29.1 Å². The second-order valence-electron chi connectivity index (χ2n) is 7.34. The van der Waals surface area contributed by atoms with Gasteiger partial charge < -0.3 is 10.2 Å². The molecule has 1 aliphatic heterocycles. The number of nitrogens with zero attached hydrogens (tertiary/aromatic N) is 3. The highest BCUT2D eigenvalue weighted by atomic mass is 19.4. The zero-order valence-electron chi connectivity index (χ0n) is 16.3. The molecule has 0 aliphatic carbocycles. The van der Waals surface area contributed by atoms with E-state index >= 15 is 0 Å². The topological polar surface area (TPSA) is 67.2 Å². The lowest BCUT2D eigenvalue weighted by molar-refractivity contribution is -0.142. The second-order valence-corrected chi connectivity index (χ2v) is 7.34. The van der Waals surface area contributed by atoms with E-state index in [-0.39, 0.29) is 11.0 Å². The van der Waals surface area contributed by atoms with Crippen molar-refractivity contribution in [3.8, 4) is 0 Å². The number of para-hydroxylation sites is 2. The first-order chi connectivity index (χ1) is 13.8. The summed E-state index contributed by atoms with van der Waals surface area (Å²) >= 11 is 0. The molecular formula is C20H25F3N4O2. The van der Waals surface area contributed by atoms with Crippen LogP contribution in [0, 0.1) is 0 Å². The lowest BCUT2D eigenvalue weighted by Gasteiger charge is -2.22. The number of hydrogen-bond acceptors (Lipinski definition) is 4. The minimum atomic E-state index is -4.90. The van der Waals surface area contributed by atoms with Crippen molar-refractivity contribution in [1.82, 2.24) is 19.8 Å². The van der Waals surface area contributed by atoms with E-state index in [0.717, 1.165) is 30.5 Å². The fourth-order valence-corrected chi connectivity index (χ4v) is 3.69. The van der Waals surface area contributed by atoms with Gasteiger partial charge in [-0.15, -0.1) is 0 Å². The van der Waals surface area contributed by atoms with Crippen molar-refractivity contribution >= 4 is 16.9 Å². The van der Waals surface area contributed by atoms with Gasteiger partial charge in [0, 0.05) is 13.1 Å². The Labute approximate surface area is 166 Å². The number of fused-ring (bicyclic) bond motifs is 1. The lowest BCUT2D eigenvalue weighted by atomic mass is 10.2. The lowest BCUT2D eigenvalue weighted by Crippen LogP contribution is -2.41. The second kappa shape index (κ2) is 8.94. The number of carbonyl (C=O) groups excluding carboxylic acids is 1. The highest BCUT2D eigenvalue weighted by molar-refractivity contribution is 5.83. The maximum atomic E-state index is 13.3. The Balaban J connectivity index is 1.80.